The molecule has 0 radical (unpaired) electrons. The molecule has 0 N–H and O–H groups in total. The lowest BCUT2D eigenvalue weighted by Gasteiger charge is -2.10. The summed E-state index contributed by atoms with van der Waals surface area (Å²) >= 11 is 7.81. The highest BCUT2D eigenvalue weighted by Crippen LogP contribution is 2.31. The van der Waals surface area contributed by atoms with Gasteiger partial charge in [-0.25, -0.2) is 4.98 Å². The average Bonchev–Trinajstić information content (AvgIpc) is 3.18. The summed E-state index contributed by atoms with van der Waals surface area (Å²) in [6.45, 7) is 1.40. The summed E-state index contributed by atoms with van der Waals surface area (Å²) in [6, 6.07) is 5.82. The Morgan fingerprint density at radius 2 is 2.20 bits per heavy atom. The number of halogens is 1. The van der Waals surface area contributed by atoms with Crippen LogP contribution in [0.25, 0.3) is 11.0 Å². The Balaban J connectivity index is 1.60. The second kappa shape index (κ2) is 7.40. The first-order valence-electron chi connectivity index (χ1n) is 8.50. The average molecular weight is 378 g/mol. The molecular weight excluding hydrogens is 358 g/mol. The van der Waals surface area contributed by atoms with Crippen LogP contribution in [0.5, 0.6) is 0 Å². The molecule has 0 unspecified atom stereocenters. The highest BCUT2D eigenvalue weighted by atomic mass is 35.5. The largest absolute Gasteiger partial charge is 0.383 e. The molecule has 0 amide bonds. The number of benzene rings is 1. The Bertz CT molecular complexity index is 890. The Labute approximate surface area is 155 Å². The number of ether oxygens (including phenoxy) is 1. The minimum Gasteiger partial charge on any atom is -0.383 e. The first kappa shape index (κ1) is 16.9. The van der Waals surface area contributed by atoms with E-state index in [9.17, 15) is 0 Å². The van der Waals surface area contributed by atoms with Crippen molar-refractivity contribution < 1.29 is 9.26 Å². The Hall–Kier alpha value is -1.50. The molecule has 2 aromatic heterocycles. The number of aryl methyl sites for hydroxylation is 1. The molecule has 0 bridgehead atoms. The predicted molar refractivity (Wildman–Crippen MR) is 99.3 cm³/mol. The zero-order valence-corrected chi connectivity index (χ0v) is 15.7. The molecule has 0 saturated carbocycles. The van der Waals surface area contributed by atoms with Gasteiger partial charge < -0.3 is 13.8 Å². The fourth-order valence-corrected chi connectivity index (χ4v) is 4.45. The maximum Gasteiger partial charge on any atom is 0.169 e. The van der Waals surface area contributed by atoms with Gasteiger partial charge in [0.1, 0.15) is 5.76 Å². The van der Waals surface area contributed by atoms with Gasteiger partial charge in [-0.3, -0.25) is 0 Å². The molecule has 25 heavy (non-hydrogen) atoms. The predicted octanol–water partition coefficient (Wildman–Crippen LogP) is 4.50. The molecule has 7 heteroatoms. The molecule has 0 fully saturated rings. The second-order valence-electron chi connectivity index (χ2n) is 6.20. The van der Waals surface area contributed by atoms with Crippen molar-refractivity contribution in [1.82, 2.24) is 14.7 Å². The molecule has 4 rings (SSSR count). The van der Waals surface area contributed by atoms with Crippen molar-refractivity contribution in [2.24, 2.45) is 0 Å². The molecule has 1 aliphatic rings. The molecule has 132 valence electrons. The molecule has 2 heterocycles. The van der Waals surface area contributed by atoms with E-state index < -0.39 is 0 Å². The standard InChI is InChI=1S/C18H20ClN3O2S/c1-23-9-8-22-16-7-6-12(19)10-14(16)20-18(22)25-11-15-13-4-2-3-5-17(13)24-21-15/h6-7,10H,2-5,8-9,11H2,1H3. The number of aromatic nitrogens is 3. The van der Waals surface area contributed by atoms with Gasteiger partial charge >= 0.3 is 0 Å². The van der Waals surface area contributed by atoms with Crippen LogP contribution < -0.4 is 0 Å². The van der Waals surface area contributed by atoms with E-state index in [-0.39, 0.29) is 0 Å². The third-order valence-electron chi connectivity index (χ3n) is 4.56. The van der Waals surface area contributed by atoms with E-state index in [1.165, 1.54) is 18.4 Å². The van der Waals surface area contributed by atoms with Crippen LogP contribution in [0.15, 0.2) is 27.9 Å². The van der Waals surface area contributed by atoms with Crippen LogP contribution in [0.4, 0.5) is 0 Å². The number of imidazole rings is 1. The van der Waals surface area contributed by atoms with Crippen molar-refractivity contribution in [3.63, 3.8) is 0 Å². The van der Waals surface area contributed by atoms with E-state index >= 15 is 0 Å². The van der Waals surface area contributed by atoms with Crippen LogP contribution in [-0.2, 0) is 29.9 Å². The SMILES string of the molecule is COCCn1c(SCc2noc3c2CCCC3)nc2cc(Cl)ccc21. The normalized spacial score (nSPS) is 14.2. The highest BCUT2D eigenvalue weighted by Gasteiger charge is 2.20. The number of hydrogen-bond acceptors (Lipinski definition) is 5. The van der Waals surface area contributed by atoms with Gasteiger partial charge in [-0.2, -0.15) is 0 Å². The minimum atomic E-state index is 0.640. The number of fused-ring (bicyclic) bond motifs is 2. The lowest BCUT2D eigenvalue weighted by Crippen LogP contribution is -2.06. The van der Waals surface area contributed by atoms with E-state index in [4.69, 9.17) is 25.8 Å². The quantitative estimate of drug-likeness (QED) is 0.592. The highest BCUT2D eigenvalue weighted by molar-refractivity contribution is 7.98. The lowest BCUT2D eigenvalue weighted by molar-refractivity contribution is 0.186. The van der Waals surface area contributed by atoms with Crippen LogP contribution in [0, 0.1) is 0 Å². The third-order valence-corrected chi connectivity index (χ3v) is 5.79. The number of nitrogens with zero attached hydrogens (tertiary/aromatic N) is 3. The van der Waals surface area contributed by atoms with Crippen molar-refractivity contribution in [3.05, 3.63) is 40.2 Å². The van der Waals surface area contributed by atoms with Gasteiger partial charge in [0.05, 0.1) is 23.3 Å². The van der Waals surface area contributed by atoms with Crippen molar-refractivity contribution in [1.29, 1.82) is 0 Å². The van der Waals surface area contributed by atoms with Crippen LogP contribution in [-0.4, -0.2) is 28.4 Å². The van der Waals surface area contributed by atoms with Gasteiger partial charge in [0.15, 0.2) is 5.16 Å². The molecule has 0 atom stereocenters. The van der Waals surface area contributed by atoms with Crippen molar-refractivity contribution in [3.8, 4) is 0 Å². The van der Waals surface area contributed by atoms with Crippen LogP contribution in [0.3, 0.4) is 0 Å². The molecule has 5 nitrogen and oxygen atoms in total. The minimum absolute atomic E-state index is 0.640. The molecule has 0 aliphatic heterocycles. The summed E-state index contributed by atoms with van der Waals surface area (Å²) < 4.78 is 13.0. The van der Waals surface area contributed by atoms with E-state index in [2.05, 4.69) is 9.72 Å². The number of thioether (sulfide) groups is 1. The third kappa shape index (κ3) is 3.43. The van der Waals surface area contributed by atoms with E-state index in [1.54, 1.807) is 18.9 Å². The summed E-state index contributed by atoms with van der Waals surface area (Å²) in [7, 11) is 1.71. The van der Waals surface area contributed by atoms with E-state index in [0.29, 0.717) is 11.6 Å². The topological polar surface area (TPSA) is 53.1 Å². The van der Waals surface area contributed by atoms with Gasteiger partial charge in [-0.05, 0) is 37.5 Å². The van der Waals surface area contributed by atoms with Crippen molar-refractivity contribution in [2.75, 3.05) is 13.7 Å². The smallest absolute Gasteiger partial charge is 0.169 e. The summed E-state index contributed by atoms with van der Waals surface area (Å²) in [5, 5.41) is 5.95. The van der Waals surface area contributed by atoms with E-state index in [0.717, 1.165) is 52.8 Å². The zero-order chi connectivity index (χ0) is 17.2. The molecule has 3 aromatic rings. The zero-order valence-electron chi connectivity index (χ0n) is 14.1. The first-order chi connectivity index (χ1) is 12.3. The van der Waals surface area contributed by atoms with Gasteiger partial charge in [-0.15, -0.1) is 0 Å². The maximum absolute atomic E-state index is 6.12. The summed E-state index contributed by atoms with van der Waals surface area (Å²) in [6.07, 6.45) is 4.50. The summed E-state index contributed by atoms with van der Waals surface area (Å²) in [4.78, 5) is 4.77. The fourth-order valence-electron chi connectivity index (χ4n) is 3.28. The molecule has 0 saturated heterocycles. The number of hydrogen-bond donors (Lipinski definition) is 0. The summed E-state index contributed by atoms with van der Waals surface area (Å²) in [5.74, 6) is 1.84. The van der Waals surface area contributed by atoms with Gasteiger partial charge in [0, 0.05) is 36.4 Å². The maximum atomic E-state index is 6.12. The number of methoxy groups -OCH3 is 1. The Morgan fingerprint density at radius 3 is 3.08 bits per heavy atom. The molecular formula is C18H20ClN3O2S. The second-order valence-corrected chi connectivity index (χ2v) is 7.58. The van der Waals surface area contributed by atoms with Crippen molar-refractivity contribution >= 4 is 34.4 Å². The molecule has 0 spiro atoms. The lowest BCUT2D eigenvalue weighted by atomic mass is 9.97. The monoisotopic (exact) mass is 377 g/mol. The van der Waals surface area contributed by atoms with Crippen LogP contribution in [0.2, 0.25) is 5.02 Å². The van der Waals surface area contributed by atoms with Gasteiger partial charge in [-0.1, -0.05) is 28.5 Å². The van der Waals surface area contributed by atoms with Gasteiger partial charge in [0.25, 0.3) is 0 Å². The van der Waals surface area contributed by atoms with Crippen LogP contribution >= 0.6 is 23.4 Å². The fraction of sp³-hybridized carbons (Fsp3) is 0.444. The molecule has 1 aliphatic carbocycles. The van der Waals surface area contributed by atoms with E-state index in [1.807, 2.05) is 18.2 Å². The first-order valence-corrected chi connectivity index (χ1v) is 9.86. The number of rotatable bonds is 6. The van der Waals surface area contributed by atoms with Crippen LogP contribution in [0.1, 0.15) is 29.9 Å². The van der Waals surface area contributed by atoms with Crippen molar-refractivity contribution in [2.45, 2.75) is 43.1 Å². The van der Waals surface area contributed by atoms with Gasteiger partial charge in [0.2, 0.25) is 0 Å². The Kier molecular flexibility index (Phi) is 5.01. The summed E-state index contributed by atoms with van der Waals surface area (Å²) in [5.41, 5.74) is 4.35. The molecule has 1 aromatic carbocycles. The Morgan fingerprint density at radius 1 is 1.32 bits per heavy atom.